The van der Waals surface area contributed by atoms with Crippen LogP contribution in [-0.2, 0) is 11.2 Å². The molecule has 0 aliphatic rings. The maximum Gasteiger partial charge on any atom is 0.129 e. The Morgan fingerprint density at radius 3 is 2.47 bits per heavy atom. The van der Waals surface area contributed by atoms with Crippen molar-refractivity contribution in [3.05, 3.63) is 61.4 Å². The Kier molecular flexibility index (Phi) is 8.33. The summed E-state index contributed by atoms with van der Waals surface area (Å²) in [7, 11) is 0. The van der Waals surface area contributed by atoms with Crippen LogP contribution in [0, 0.1) is 5.41 Å². The van der Waals surface area contributed by atoms with Crippen molar-refractivity contribution in [1.82, 2.24) is 0 Å². The third kappa shape index (κ3) is 7.09. The highest BCUT2D eigenvalue weighted by atomic mass is 16.5. The smallest absolute Gasteiger partial charge is 0.129 e. The molecule has 0 aliphatic heterocycles. The molecule has 0 aliphatic carbocycles. The van der Waals surface area contributed by atoms with E-state index in [0.29, 0.717) is 12.4 Å². The molecule has 3 N–H and O–H groups in total. The minimum absolute atomic E-state index is 0.0656. The first-order valence-corrected chi connectivity index (χ1v) is 5.34. The lowest BCUT2D eigenvalue weighted by atomic mass is 10.1. The Morgan fingerprint density at radius 2 is 1.94 bits per heavy atom. The molecule has 1 unspecified atom stereocenters. The Labute approximate surface area is 103 Å². The van der Waals surface area contributed by atoms with Crippen LogP contribution in [0.3, 0.4) is 0 Å². The summed E-state index contributed by atoms with van der Waals surface area (Å²) in [6, 6.07) is 9.95. The van der Waals surface area contributed by atoms with Crippen LogP contribution < -0.4 is 5.73 Å². The molecule has 1 aromatic carbocycles. The van der Waals surface area contributed by atoms with Crippen LogP contribution in [-0.4, -0.2) is 18.9 Å². The number of allylic oxidation sites excluding steroid dienone is 1. The van der Waals surface area contributed by atoms with E-state index < -0.39 is 0 Å². The standard InChI is InChI=1S/C12H16N2O.C2H4/c1-10(8-13)15-9-12(14)7-11-5-3-2-4-6-11;1-2/h2-6,8,12-13H,1,7,9,14H2;1-2H2. The van der Waals surface area contributed by atoms with Gasteiger partial charge >= 0.3 is 0 Å². The van der Waals surface area contributed by atoms with Crippen molar-refractivity contribution in [1.29, 1.82) is 5.41 Å². The number of nitrogens with one attached hydrogen (secondary N) is 1. The van der Waals surface area contributed by atoms with Gasteiger partial charge in [0.2, 0.25) is 0 Å². The third-order valence-corrected chi connectivity index (χ3v) is 1.98. The molecule has 0 amide bonds. The topological polar surface area (TPSA) is 59.1 Å². The Bertz CT molecular complexity index is 335. The molecular formula is C14H20N2O. The quantitative estimate of drug-likeness (QED) is 0.450. The number of hydrogen-bond donors (Lipinski definition) is 2. The van der Waals surface area contributed by atoms with Gasteiger partial charge in [0.15, 0.2) is 0 Å². The van der Waals surface area contributed by atoms with Gasteiger partial charge in [-0.2, -0.15) is 0 Å². The molecule has 0 aromatic heterocycles. The van der Waals surface area contributed by atoms with E-state index in [2.05, 4.69) is 19.7 Å². The molecule has 1 aromatic rings. The SMILES string of the molecule is C=C.C=C(C=N)OCC(N)Cc1ccccc1. The van der Waals surface area contributed by atoms with Crippen molar-refractivity contribution in [3.63, 3.8) is 0 Å². The third-order valence-electron chi connectivity index (χ3n) is 1.98. The molecule has 0 bridgehead atoms. The molecule has 1 atom stereocenters. The molecule has 3 heteroatoms. The highest BCUT2D eigenvalue weighted by molar-refractivity contribution is 5.71. The van der Waals surface area contributed by atoms with Crippen molar-refractivity contribution in [2.24, 2.45) is 5.73 Å². The van der Waals surface area contributed by atoms with Crippen molar-refractivity contribution < 1.29 is 4.74 Å². The monoisotopic (exact) mass is 232 g/mol. The minimum Gasteiger partial charge on any atom is -0.491 e. The van der Waals surface area contributed by atoms with Crippen molar-refractivity contribution in [2.45, 2.75) is 12.5 Å². The van der Waals surface area contributed by atoms with Crippen LogP contribution in [0.2, 0.25) is 0 Å². The van der Waals surface area contributed by atoms with Crippen molar-refractivity contribution >= 4 is 6.21 Å². The summed E-state index contributed by atoms with van der Waals surface area (Å²) in [6.45, 7) is 9.92. The molecule has 0 radical (unpaired) electrons. The van der Waals surface area contributed by atoms with Crippen LogP contribution in [0.5, 0.6) is 0 Å². The molecule has 1 rings (SSSR count). The van der Waals surface area contributed by atoms with E-state index in [4.69, 9.17) is 15.9 Å². The number of hydrogen-bond acceptors (Lipinski definition) is 3. The fourth-order valence-electron chi connectivity index (χ4n) is 1.23. The summed E-state index contributed by atoms with van der Waals surface area (Å²) < 4.78 is 5.16. The molecule has 0 saturated carbocycles. The average Bonchev–Trinajstić information content (AvgIpc) is 2.39. The van der Waals surface area contributed by atoms with Crippen LogP contribution in [0.15, 0.2) is 55.8 Å². The Hall–Kier alpha value is -1.87. The number of nitrogens with two attached hydrogens (primary N) is 1. The first-order chi connectivity index (χ1) is 8.22. The van der Waals surface area contributed by atoms with Gasteiger partial charge in [0, 0.05) is 6.04 Å². The summed E-state index contributed by atoms with van der Waals surface area (Å²) in [4.78, 5) is 0. The van der Waals surface area contributed by atoms with Gasteiger partial charge in [-0.15, -0.1) is 13.2 Å². The first kappa shape index (κ1) is 15.1. The van der Waals surface area contributed by atoms with E-state index in [1.807, 2.05) is 30.3 Å². The zero-order chi connectivity index (χ0) is 13.1. The maximum absolute atomic E-state index is 6.88. The predicted octanol–water partition coefficient (Wildman–Crippen LogP) is 2.54. The number of benzene rings is 1. The highest BCUT2D eigenvalue weighted by Gasteiger charge is 2.04. The maximum atomic E-state index is 6.88. The lowest BCUT2D eigenvalue weighted by Crippen LogP contribution is -2.28. The van der Waals surface area contributed by atoms with Gasteiger partial charge in [-0.05, 0) is 12.0 Å². The van der Waals surface area contributed by atoms with Crippen LogP contribution in [0.25, 0.3) is 0 Å². The second kappa shape index (κ2) is 9.36. The van der Waals surface area contributed by atoms with Crippen LogP contribution in [0.1, 0.15) is 5.56 Å². The molecule has 17 heavy (non-hydrogen) atoms. The largest absolute Gasteiger partial charge is 0.491 e. The summed E-state index contributed by atoms with van der Waals surface area (Å²) in [6.07, 6.45) is 1.85. The van der Waals surface area contributed by atoms with Crippen LogP contribution >= 0.6 is 0 Å². The van der Waals surface area contributed by atoms with E-state index in [1.54, 1.807) is 0 Å². The lowest BCUT2D eigenvalue weighted by molar-refractivity contribution is 0.212. The molecule has 0 spiro atoms. The normalized spacial score (nSPS) is 10.6. The van der Waals surface area contributed by atoms with E-state index in [1.165, 1.54) is 5.56 Å². The minimum atomic E-state index is -0.0656. The Balaban J connectivity index is 0.00000121. The first-order valence-electron chi connectivity index (χ1n) is 5.34. The van der Waals surface area contributed by atoms with Gasteiger partial charge in [0.1, 0.15) is 12.4 Å². The van der Waals surface area contributed by atoms with Gasteiger partial charge in [-0.3, -0.25) is 0 Å². The summed E-state index contributed by atoms with van der Waals surface area (Å²) in [5.41, 5.74) is 7.06. The lowest BCUT2D eigenvalue weighted by Gasteiger charge is -2.12. The van der Waals surface area contributed by atoms with Gasteiger partial charge in [-0.25, -0.2) is 0 Å². The molecular weight excluding hydrogens is 212 g/mol. The fraction of sp³-hybridized carbons (Fsp3) is 0.214. The number of ether oxygens (including phenoxy) is 1. The van der Waals surface area contributed by atoms with Gasteiger partial charge in [0.25, 0.3) is 0 Å². The molecule has 92 valence electrons. The zero-order valence-electron chi connectivity index (χ0n) is 10.1. The fourth-order valence-corrected chi connectivity index (χ4v) is 1.23. The molecule has 0 fully saturated rings. The van der Waals surface area contributed by atoms with E-state index >= 15 is 0 Å². The molecule has 3 nitrogen and oxygen atoms in total. The summed E-state index contributed by atoms with van der Waals surface area (Å²) in [5, 5.41) is 6.88. The van der Waals surface area contributed by atoms with Crippen molar-refractivity contribution in [3.8, 4) is 0 Å². The van der Waals surface area contributed by atoms with Crippen molar-refractivity contribution in [2.75, 3.05) is 6.61 Å². The predicted molar refractivity (Wildman–Crippen MR) is 73.3 cm³/mol. The van der Waals surface area contributed by atoms with Gasteiger partial charge in [-0.1, -0.05) is 36.9 Å². The van der Waals surface area contributed by atoms with E-state index in [0.717, 1.165) is 12.6 Å². The second-order valence-corrected chi connectivity index (χ2v) is 3.37. The summed E-state index contributed by atoms with van der Waals surface area (Å²) >= 11 is 0. The average molecular weight is 232 g/mol. The highest BCUT2D eigenvalue weighted by Crippen LogP contribution is 2.02. The Morgan fingerprint density at radius 1 is 1.35 bits per heavy atom. The van der Waals surface area contributed by atoms with Crippen LogP contribution in [0.4, 0.5) is 0 Å². The number of rotatable bonds is 6. The van der Waals surface area contributed by atoms with Gasteiger partial charge < -0.3 is 15.9 Å². The van der Waals surface area contributed by atoms with Gasteiger partial charge in [0.05, 0.1) is 6.21 Å². The summed E-state index contributed by atoms with van der Waals surface area (Å²) in [5.74, 6) is 0.346. The van der Waals surface area contributed by atoms with E-state index in [9.17, 15) is 0 Å². The van der Waals surface area contributed by atoms with E-state index in [-0.39, 0.29) is 6.04 Å². The second-order valence-electron chi connectivity index (χ2n) is 3.37. The molecule has 0 heterocycles. The molecule has 0 saturated heterocycles. The zero-order valence-corrected chi connectivity index (χ0v) is 10.1.